The van der Waals surface area contributed by atoms with Gasteiger partial charge in [0.25, 0.3) is 5.91 Å². The monoisotopic (exact) mass is 431 g/mol. The van der Waals surface area contributed by atoms with Crippen LogP contribution in [-0.2, 0) is 17.0 Å². The average Bonchev–Trinajstić information content (AvgIpc) is 3.23. The minimum atomic E-state index is -1.48. The molecule has 3 aromatic carbocycles. The third kappa shape index (κ3) is 3.89. The van der Waals surface area contributed by atoms with Crippen LogP contribution in [0.5, 0.6) is 0 Å². The molecule has 0 bridgehead atoms. The molecule has 1 amide bonds. The van der Waals surface area contributed by atoms with Crippen LogP contribution in [0, 0.1) is 0 Å². The van der Waals surface area contributed by atoms with Crippen molar-refractivity contribution >= 4 is 16.9 Å². The zero-order valence-electron chi connectivity index (χ0n) is 17.7. The van der Waals surface area contributed by atoms with E-state index in [0.717, 1.165) is 5.52 Å². The van der Waals surface area contributed by atoms with E-state index in [1.807, 2.05) is 72.2 Å². The van der Waals surface area contributed by atoms with Crippen LogP contribution in [-0.4, -0.2) is 38.9 Å². The second kappa shape index (κ2) is 9.32. The lowest BCUT2D eigenvalue weighted by atomic mass is 9.85. The number of hydrogen-bond donors (Lipinski definition) is 3. The van der Waals surface area contributed by atoms with Gasteiger partial charge in [0, 0.05) is 12.1 Å². The molecule has 0 aliphatic rings. The van der Waals surface area contributed by atoms with Crippen molar-refractivity contribution in [2.75, 3.05) is 13.2 Å². The van der Waals surface area contributed by atoms with E-state index < -0.39 is 11.5 Å². The lowest BCUT2D eigenvalue weighted by Crippen LogP contribution is -2.32. The van der Waals surface area contributed by atoms with Gasteiger partial charge in [-0.1, -0.05) is 60.7 Å². The Morgan fingerprint density at radius 3 is 2.22 bits per heavy atom. The van der Waals surface area contributed by atoms with Crippen LogP contribution in [0.15, 0.2) is 78.9 Å². The third-order valence-electron chi connectivity index (χ3n) is 5.39. The first-order valence-corrected chi connectivity index (χ1v) is 10.5. The molecule has 4 aromatic rings. The molecule has 4 rings (SSSR count). The second-order valence-electron chi connectivity index (χ2n) is 7.33. The summed E-state index contributed by atoms with van der Waals surface area (Å²) in [4.78, 5) is 22.1. The highest BCUT2D eigenvalue weighted by Crippen LogP contribution is 2.37. The summed E-state index contributed by atoms with van der Waals surface area (Å²) in [7, 11) is 0. The number of carbonyl (C=O) groups is 1. The zero-order chi connectivity index (χ0) is 22.6. The number of aryl methyl sites for hydroxylation is 1. The maximum Gasteiger partial charge on any atom is 0.274 e. The van der Waals surface area contributed by atoms with Crippen molar-refractivity contribution in [3.63, 3.8) is 0 Å². The summed E-state index contributed by atoms with van der Waals surface area (Å²) in [5.41, 5.74) is 4.01. The van der Waals surface area contributed by atoms with Crippen LogP contribution in [0.25, 0.3) is 11.0 Å². The van der Waals surface area contributed by atoms with E-state index in [1.165, 1.54) is 0 Å². The number of imidazole rings is 1. The molecule has 32 heavy (non-hydrogen) atoms. The van der Waals surface area contributed by atoms with Gasteiger partial charge in [0.15, 0.2) is 11.4 Å². The summed E-state index contributed by atoms with van der Waals surface area (Å²) >= 11 is 0. The van der Waals surface area contributed by atoms with Gasteiger partial charge in [-0.3, -0.25) is 9.63 Å². The highest BCUT2D eigenvalue weighted by molar-refractivity contribution is 5.97. The summed E-state index contributed by atoms with van der Waals surface area (Å²) < 4.78 is 1.92. The van der Waals surface area contributed by atoms with Crippen molar-refractivity contribution in [2.24, 2.45) is 0 Å². The molecule has 0 radical (unpaired) electrons. The molecule has 7 nitrogen and oxygen atoms in total. The fourth-order valence-electron chi connectivity index (χ4n) is 3.87. The Morgan fingerprint density at radius 1 is 1.03 bits per heavy atom. The number of rotatable bonds is 8. The van der Waals surface area contributed by atoms with Gasteiger partial charge in [-0.15, -0.1) is 0 Å². The maximum atomic E-state index is 12.4. The average molecular weight is 431 g/mol. The molecular weight excluding hydrogens is 406 g/mol. The molecule has 0 saturated heterocycles. The minimum absolute atomic E-state index is 0.00616. The summed E-state index contributed by atoms with van der Waals surface area (Å²) in [5.74, 6) is 0.0497. The summed E-state index contributed by atoms with van der Waals surface area (Å²) in [5, 5.41) is 21.0. The van der Waals surface area contributed by atoms with E-state index in [2.05, 4.69) is 5.48 Å². The zero-order valence-corrected chi connectivity index (χ0v) is 17.7. The van der Waals surface area contributed by atoms with Gasteiger partial charge in [0.1, 0.15) is 0 Å². The quantitative estimate of drug-likeness (QED) is 0.294. The molecule has 0 atom stereocenters. The van der Waals surface area contributed by atoms with Crippen molar-refractivity contribution in [2.45, 2.75) is 19.1 Å². The number of aliphatic hydroxyl groups is 2. The van der Waals surface area contributed by atoms with Gasteiger partial charge in [-0.25, -0.2) is 10.5 Å². The maximum absolute atomic E-state index is 12.4. The molecule has 3 N–H and O–H groups in total. The van der Waals surface area contributed by atoms with Gasteiger partial charge in [0.2, 0.25) is 0 Å². The topological polar surface area (TPSA) is 96.6 Å². The van der Waals surface area contributed by atoms with Crippen molar-refractivity contribution < 1.29 is 19.8 Å². The Kier molecular flexibility index (Phi) is 6.32. The van der Waals surface area contributed by atoms with Gasteiger partial charge >= 0.3 is 0 Å². The molecule has 0 spiro atoms. The Balaban J connectivity index is 1.87. The summed E-state index contributed by atoms with van der Waals surface area (Å²) in [6, 6.07) is 24.0. The van der Waals surface area contributed by atoms with Crippen LogP contribution >= 0.6 is 0 Å². The van der Waals surface area contributed by atoms with Gasteiger partial charge in [0.05, 0.1) is 24.2 Å². The first kappa shape index (κ1) is 21.7. The molecule has 164 valence electrons. The van der Waals surface area contributed by atoms with Crippen LogP contribution in [0.4, 0.5) is 0 Å². The van der Waals surface area contributed by atoms with Crippen LogP contribution in [0.2, 0.25) is 0 Å². The number of nitrogens with zero attached hydrogens (tertiary/aromatic N) is 2. The van der Waals surface area contributed by atoms with Crippen LogP contribution in [0.1, 0.15) is 34.2 Å². The molecule has 0 fully saturated rings. The lowest BCUT2D eigenvalue weighted by Gasteiger charge is -2.29. The Hall–Kier alpha value is -3.52. The van der Waals surface area contributed by atoms with E-state index in [-0.39, 0.29) is 13.2 Å². The number of aromatic nitrogens is 2. The SMILES string of the molecule is CCn1c(C(O)(c2ccccc2)c2ccccc2)nc2ccc(C(=O)NOCCO)cc21. The predicted molar refractivity (Wildman–Crippen MR) is 121 cm³/mol. The second-order valence-corrected chi connectivity index (χ2v) is 7.33. The van der Waals surface area contributed by atoms with Gasteiger partial charge < -0.3 is 14.8 Å². The van der Waals surface area contributed by atoms with E-state index >= 15 is 0 Å². The molecule has 0 aliphatic carbocycles. The Bertz CT molecular complexity index is 1170. The number of fused-ring (bicyclic) bond motifs is 1. The standard InChI is InChI=1S/C25H25N3O4/c1-2-28-22-17-18(23(30)27-32-16-15-29)13-14-21(22)26-24(28)25(31,19-9-5-3-6-10-19)20-11-7-4-8-12-20/h3-14,17,29,31H,2,15-16H2,1H3,(H,27,30). The molecule has 1 heterocycles. The minimum Gasteiger partial charge on any atom is -0.394 e. The molecule has 0 aliphatic heterocycles. The van der Waals surface area contributed by atoms with Gasteiger partial charge in [-0.05, 0) is 36.2 Å². The predicted octanol–water partition coefficient (Wildman–Crippen LogP) is 2.99. The van der Waals surface area contributed by atoms with Crippen molar-refractivity contribution in [1.82, 2.24) is 15.0 Å². The molecule has 7 heteroatoms. The van der Waals surface area contributed by atoms with Crippen LogP contribution < -0.4 is 5.48 Å². The number of aliphatic hydroxyl groups excluding tert-OH is 1. The normalized spacial score (nSPS) is 11.6. The molecular formula is C25H25N3O4. The number of benzene rings is 3. The third-order valence-corrected chi connectivity index (χ3v) is 5.39. The highest BCUT2D eigenvalue weighted by atomic mass is 16.7. The summed E-state index contributed by atoms with van der Waals surface area (Å²) in [6.45, 7) is 2.33. The van der Waals surface area contributed by atoms with Crippen molar-refractivity contribution in [3.05, 3.63) is 101 Å². The molecule has 0 unspecified atom stereocenters. The van der Waals surface area contributed by atoms with E-state index in [1.54, 1.807) is 18.2 Å². The first-order chi connectivity index (χ1) is 15.6. The van der Waals surface area contributed by atoms with E-state index in [0.29, 0.717) is 34.6 Å². The highest BCUT2D eigenvalue weighted by Gasteiger charge is 2.38. The Morgan fingerprint density at radius 2 is 1.66 bits per heavy atom. The fraction of sp³-hybridized carbons (Fsp3) is 0.200. The van der Waals surface area contributed by atoms with E-state index in [4.69, 9.17) is 14.9 Å². The van der Waals surface area contributed by atoms with Gasteiger partial charge in [-0.2, -0.15) is 0 Å². The summed E-state index contributed by atoms with van der Waals surface area (Å²) in [6.07, 6.45) is 0. The number of amides is 1. The lowest BCUT2D eigenvalue weighted by molar-refractivity contribution is 0.0168. The smallest absolute Gasteiger partial charge is 0.274 e. The van der Waals surface area contributed by atoms with Crippen LogP contribution in [0.3, 0.4) is 0 Å². The van der Waals surface area contributed by atoms with E-state index in [9.17, 15) is 9.90 Å². The van der Waals surface area contributed by atoms with Crippen molar-refractivity contribution in [3.8, 4) is 0 Å². The molecule has 1 aromatic heterocycles. The number of hydroxylamine groups is 1. The first-order valence-electron chi connectivity index (χ1n) is 10.5. The fourth-order valence-corrected chi connectivity index (χ4v) is 3.87. The largest absolute Gasteiger partial charge is 0.394 e. The number of nitrogens with one attached hydrogen (secondary N) is 1. The number of hydrogen-bond acceptors (Lipinski definition) is 5. The number of carbonyl (C=O) groups excluding carboxylic acids is 1. The molecule has 0 saturated carbocycles. The van der Waals surface area contributed by atoms with Crippen molar-refractivity contribution in [1.29, 1.82) is 0 Å². The Labute approximate surface area is 185 Å².